The highest BCUT2D eigenvalue weighted by Gasteiger charge is 2.36. The minimum Gasteiger partial charge on any atom is -0.489 e. The Kier molecular flexibility index (Phi) is 7.35. The first kappa shape index (κ1) is 27.8. The summed E-state index contributed by atoms with van der Waals surface area (Å²) in [5, 5.41) is 5.26. The number of nitrogens with zero attached hydrogens (tertiary/aromatic N) is 3. The van der Waals surface area contributed by atoms with Crippen molar-refractivity contribution in [3.05, 3.63) is 130 Å². The standard InChI is InChI=1S/C32H19Cl2F4N3O/c33-22-12-8-20(9-13-22)30-29-26(32(36,37)38)17-28(39-31(29)41(40-30)24-6-3-5-23(34)16-24)19-10-14-25(15-11-19)42-18-21-4-1-2-7-27(21)35/h1-17H,18H2. The summed E-state index contributed by atoms with van der Waals surface area (Å²) >= 11 is 12.3. The summed E-state index contributed by atoms with van der Waals surface area (Å²) in [6, 6.07) is 26.7. The van der Waals surface area contributed by atoms with E-state index in [0.29, 0.717) is 38.2 Å². The van der Waals surface area contributed by atoms with Gasteiger partial charge >= 0.3 is 6.18 Å². The summed E-state index contributed by atoms with van der Waals surface area (Å²) in [4.78, 5) is 4.67. The Hall–Kier alpha value is -4.40. The molecule has 6 aromatic rings. The van der Waals surface area contributed by atoms with Gasteiger partial charge in [-0.15, -0.1) is 0 Å². The Labute approximate surface area is 247 Å². The lowest BCUT2D eigenvalue weighted by atomic mass is 10.0. The summed E-state index contributed by atoms with van der Waals surface area (Å²) in [7, 11) is 0. The van der Waals surface area contributed by atoms with Crippen LogP contribution in [0.2, 0.25) is 10.0 Å². The number of ether oxygens (including phenoxy) is 1. The number of aromatic nitrogens is 3. The van der Waals surface area contributed by atoms with Gasteiger partial charge in [0.15, 0.2) is 5.65 Å². The summed E-state index contributed by atoms with van der Waals surface area (Å²) in [5.74, 6) is 0.0358. The molecule has 0 aliphatic rings. The highest BCUT2D eigenvalue weighted by atomic mass is 35.5. The first-order valence-electron chi connectivity index (χ1n) is 12.7. The Bertz CT molecular complexity index is 1900. The van der Waals surface area contributed by atoms with Crippen molar-refractivity contribution < 1.29 is 22.3 Å². The number of hydrogen-bond donors (Lipinski definition) is 0. The maximum Gasteiger partial charge on any atom is 0.417 e. The van der Waals surface area contributed by atoms with Crippen LogP contribution in [0.15, 0.2) is 103 Å². The van der Waals surface area contributed by atoms with E-state index in [-0.39, 0.29) is 34.8 Å². The molecule has 0 bridgehead atoms. The predicted octanol–water partition coefficient (Wildman–Crippen LogP) is 9.80. The van der Waals surface area contributed by atoms with E-state index in [9.17, 15) is 17.6 Å². The molecule has 6 rings (SSSR count). The lowest BCUT2D eigenvalue weighted by Gasteiger charge is -2.13. The van der Waals surface area contributed by atoms with Gasteiger partial charge in [0.25, 0.3) is 0 Å². The fourth-order valence-corrected chi connectivity index (χ4v) is 4.89. The van der Waals surface area contributed by atoms with Crippen LogP contribution in [0.25, 0.3) is 39.2 Å². The van der Waals surface area contributed by atoms with Crippen LogP contribution in [0.3, 0.4) is 0 Å². The maximum atomic E-state index is 14.6. The average Bonchev–Trinajstić information content (AvgIpc) is 3.36. The molecular formula is C32H19Cl2F4N3O. The summed E-state index contributed by atoms with van der Waals surface area (Å²) < 4.78 is 64.9. The van der Waals surface area contributed by atoms with Gasteiger partial charge in [-0.2, -0.15) is 18.3 Å². The summed E-state index contributed by atoms with van der Waals surface area (Å²) in [5.41, 5.74) is 1.00. The van der Waals surface area contributed by atoms with Crippen molar-refractivity contribution in [1.82, 2.24) is 14.8 Å². The molecule has 0 aliphatic heterocycles. The Morgan fingerprint density at radius 1 is 0.762 bits per heavy atom. The number of pyridine rings is 1. The smallest absolute Gasteiger partial charge is 0.417 e. The molecule has 0 saturated carbocycles. The van der Waals surface area contributed by atoms with E-state index in [4.69, 9.17) is 27.9 Å². The Morgan fingerprint density at radius 2 is 1.48 bits per heavy atom. The molecule has 4 aromatic carbocycles. The van der Waals surface area contributed by atoms with Crippen LogP contribution in [0.4, 0.5) is 17.6 Å². The summed E-state index contributed by atoms with van der Waals surface area (Å²) in [6.07, 6.45) is -4.72. The van der Waals surface area contributed by atoms with E-state index in [1.54, 1.807) is 91.0 Å². The highest BCUT2D eigenvalue weighted by molar-refractivity contribution is 6.31. The molecule has 0 unspecified atom stereocenters. The van der Waals surface area contributed by atoms with Crippen LogP contribution in [0.1, 0.15) is 11.1 Å². The fraction of sp³-hybridized carbons (Fsp3) is 0.0625. The Balaban J connectivity index is 1.48. The van der Waals surface area contributed by atoms with Gasteiger partial charge in [0.1, 0.15) is 23.9 Å². The van der Waals surface area contributed by atoms with Crippen molar-refractivity contribution in [2.45, 2.75) is 12.8 Å². The van der Waals surface area contributed by atoms with Crippen molar-refractivity contribution in [3.8, 4) is 34.0 Å². The quantitative estimate of drug-likeness (QED) is 0.177. The molecule has 0 spiro atoms. The number of rotatable bonds is 6. The van der Waals surface area contributed by atoms with Crippen LogP contribution in [-0.2, 0) is 12.8 Å². The zero-order chi connectivity index (χ0) is 29.4. The van der Waals surface area contributed by atoms with E-state index in [2.05, 4.69) is 10.1 Å². The summed E-state index contributed by atoms with van der Waals surface area (Å²) in [6.45, 7) is 0.000740. The molecule has 0 atom stereocenters. The van der Waals surface area contributed by atoms with E-state index in [1.807, 2.05) is 0 Å². The van der Waals surface area contributed by atoms with Crippen molar-refractivity contribution >= 4 is 34.2 Å². The molecule has 0 N–H and O–H groups in total. The van der Waals surface area contributed by atoms with Crippen molar-refractivity contribution in [3.63, 3.8) is 0 Å². The predicted molar refractivity (Wildman–Crippen MR) is 155 cm³/mol. The largest absolute Gasteiger partial charge is 0.489 e. The van der Waals surface area contributed by atoms with Crippen molar-refractivity contribution in [2.24, 2.45) is 0 Å². The van der Waals surface area contributed by atoms with Gasteiger partial charge in [-0.3, -0.25) is 0 Å². The third kappa shape index (κ3) is 5.55. The van der Waals surface area contributed by atoms with E-state index in [1.165, 1.54) is 10.7 Å². The lowest BCUT2D eigenvalue weighted by molar-refractivity contribution is -0.136. The zero-order valence-corrected chi connectivity index (χ0v) is 23.1. The van der Waals surface area contributed by atoms with Crippen LogP contribution >= 0.6 is 23.2 Å². The van der Waals surface area contributed by atoms with Crippen LogP contribution in [-0.4, -0.2) is 14.8 Å². The molecule has 0 fully saturated rings. The van der Waals surface area contributed by atoms with E-state index >= 15 is 0 Å². The van der Waals surface area contributed by atoms with Gasteiger partial charge in [-0.25, -0.2) is 14.1 Å². The third-order valence-corrected chi connectivity index (χ3v) is 7.10. The second kappa shape index (κ2) is 11.1. The van der Waals surface area contributed by atoms with Crippen LogP contribution < -0.4 is 4.74 Å². The highest BCUT2D eigenvalue weighted by Crippen LogP contribution is 2.42. The topological polar surface area (TPSA) is 39.9 Å². The molecule has 0 amide bonds. The second-order valence-corrected chi connectivity index (χ2v) is 10.3. The maximum absolute atomic E-state index is 14.6. The fourth-order valence-electron chi connectivity index (χ4n) is 4.58. The number of fused-ring (bicyclic) bond motifs is 1. The average molecular weight is 608 g/mol. The van der Waals surface area contributed by atoms with Crippen LogP contribution in [0, 0.1) is 5.82 Å². The van der Waals surface area contributed by atoms with E-state index in [0.717, 1.165) is 6.07 Å². The third-order valence-electron chi connectivity index (χ3n) is 6.62. The lowest BCUT2D eigenvalue weighted by Crippen LogP contribution is -2.08. The molecule has 210 valence electrons. The molecule has 0 radical (unpaired) electrons. The van der Waals surface area contributed by atoms with Crippen LogP contribution in [0.5, 0.6) is 5.75 Å². The molecule has 2 aromatic heterocycles. The zero-order valence-electron chi connectivity index (χ0n) is 21.5. The van der Waals surface area contributed by atoms with Gasteiger partial charge in [0.2, 0.25) is 0 Å². The monoisotopic (exact) mass is 607 g/mol. The van der Waals surface area contributed by atoms with Gasteiger partial charge < -0.3 is 4.74 Å². The minimum atomic E-state index is -4.72. The molecule has 2 heterocycles. The van der Waals surface area contributed by atoms with Gasteiger partial charge in [0.05, 0.1) is 22.3 Å². The normalized spacial score (nSPS) is 11.7. The van der Waals surface area contributed by atoms with Gasteiger partial charge in [-0.1, -0.05) is 59.6 Å². The molecule has 10 heteroatoms. The number of halogens is 6. The van der Waals surface area contributed by atoms with Crippen molar-refractivity contribution in [1.29, 1.82) is 0 Å². The number of alkyl halides is 3. The molecule has 0 aliphatic carbocycles. The van der Waals surface area contributed by atoms with Crippen molar-refractivity contribution in [2.75, 3.05) is 0 Å². The molecule has 42 heavy (non-hydrogen) atoms. The van der Waals surface area contributed by atoms with Gasteiger partial charge in [0, 0.05) is 26.7 Å². The Morgan fingerprint density at radius 3 is 2.17 bits per heavy atom. The minimum absolute atomic E-state index is 0.000740. The van der Waals surface area contributed by atoms with Gasteiger partial charge in [-0.05, 0) is 66.7 Å². The SMILES string of the molecule is Fc1ccccc1COc1ccc(-c2cc(C(F)(F)F)c3c(-c4ccc(Cl)cc4)nn(-c4cccc(Cl)c4)c3n2)cc1. The molecule has 4 nitrogen and oxygen atoms in total. The number of hydrogen-bond acceptors (Lipinski definition) is 3. The second-order valence-electron chi connectivity index (χ2n) is 9.40. The first-order chi connectivity index (χ1) is 20.2. The molecular weight excluding hydrogens is 589 g/mol. The first-order valence-corrected chi connectivity index (χ1v) is 13.4. The number of benzene rings is 4. The molecule has 0 saturated heterocycles. The van der Waals surface area contributed by atoms with E-state index < -0.39 is 11.7 Å².